The molecule has 38 heavy (non-hydrogen) atoms. The van der Waals surface area contributed by atoms with Crippen LogP contribution in [-0.2, 0) is 19.5 Å². The monoisotopic (exact) mass is 520 g/mol. The highest BCUT2D eigenvalue weighted by atomic mass is 19.1. The summed E-state index contributed by atoms with van der Waals surface area (Å²) >= 11 is 0. The summed E-state index contributed by atoms with van der Waals surface area (Å²) in [6.45, 7) is 2.69. The van der Waals surface area contributed by atoms with Gasteiger partial charge in [0.05, 0.1) is 19.2 Å². The van der Waals surface area contributed by atoms with Crippen molar-refractivity contribution in [3.05, 3.63) is 116 Å². The molecule has 0 unspecified atom stereocenters. The van der Waals surface area contributed by atoms with Crippen LogP contribution in [0.3, 0.4) is 0 Å². The fraction of sp³-hybridized carbons (Fsp3) is 0.276. The Kier molecular flexibility index (Phi) is 8.48. The molecule has 9 heteroatoms. The smallest absolute Gasteiger partial charge is 0.331 e. The zero-order valence-electron chi connectivity index (χ0n) is 21.7. The molecule has 0 atom stereocenters. The Balaban J connectivity index is 1.73. The van der Waals surface area contributed by atoms with E-state index in [0.717, 1.165) is 28.8 Å². The van der Waals surface area contributed by atoms with Gasteiger partial charge in [-0.2, -0.15) is 0 Å². The maximum Gasteiger partial charge on any atom is 0.331 e. The molecular weight excluding hydrogens is 490 g/mol. The molecule has 0 amide bonds. The van der Waals surface area contributed by atoms with Crippen LogP contribution in [0, 0.1) is 18.6 Å². The van der Waals surface area contributed by atoms with E-state index in [-0.39, 0.29) is 17.7 Å². The van der Waals surface area contributed by atoms with Crippen molar-refractivity contribution < 1.29 is 13.5 Å². The predicted molar refractivity (Wildman–Crippen MR) is 143 cm³/mol. The van der Waals surface area contributed by atoms with Gasteiger partial charge in [-0.15, -0.1) is 0 Å². The van der Waals surface area contributed by atoms with Crippen LogP contribution >= 0.6 is 0 Å². The van der Waals surface area contributed by atoms with Crippen molar-refractivity contribution >= 4 is 0 Å². The van der Waals surface area contributed by atoms with Gasteiger partial charge < -0.3 is 9.64 Å². The van der Waals surface area contributed by atoms with Crippen LogP contribution in [0.1, 0.15) is 17.0 Å². The first-order chi connectivity index (χ1) is 18.3. The van der Waals surface area contributed by atoms with Crippen molar-refractivity contribution in [1.82, 2.24) is 19.0 Å². The minimum absolute atomic E-state index is 0.274. The topological polar surface area (TPSA) is 69.4 Å². The number of rotatable bonds is 10. The number of benzene rings is 2. The van der Waals surface area contributed by atoms with E-state index in [1.807, 2.05) is 25.2 Å². The van der Waals surface area contributed by atoms with Crippen LogP contribution < -0.4 is 16.0 Å². The zero-order valence-corrected chi connectivity index (χ0v) is 21.7. The second-order valence-corrected chi connectivity index (χ2v) is 9.09. The summed E-state index contributed by atoms with van der Waals surface area (Å²) in [5.41, 5.74) is 0.669. The SMILES string of the molecule is COc1cccc(-c2c(C)n(CCN(C)CCc3ccccn3)c(=O)n(Cc3c(F)cccc3F)c2=O)c1. The summed E-state index contributed by atoms with van der Waals surface area (Å²) in [6.07, 6.45) is 2.49. The highest BCUT2D eigenvalue weighted by Crippen LogP contribution is 2.24. The number of nitrogens with zero attached hydrogens (tertiary/aromatic N) is 4. The molecule has 0 saturated carbocycles. The largest absolute Gasteiger partial charge is 0.497 e. The number of pyridine rings is 1. The van der Waals surface area contributed by atoms with Crippen LogP contribution in [-0.4, -0.2) is 46.3 Å². The Hall–Kier alpha value is -4.11. The normalized spacial score (nSPS) is 11.2. The Morgan fingerprint density at radius 1 is 0.947 bits per heavy atom. The van der Waals surface area contributed by atoms with Crippen molar-refractivity contribution in [2.45, 2.75) is 26.4 Å². The quantitative estimate of drug-likeness (QED) is 0.317. The van der Waals surface area contributed by atoms with Crippen LogP contribution in [0.4, 0.5) is 8.78 Å². The molecule has 2 aromatic carbocycles. The number of hydrogen-bond donors (Lipinski definition) is 0. The highest BCUT2D eigenvalue weighted by Gasteiger charge is 2.21. The fourth-order valence-electron chi connectivity index (χ4n) is 4.39. The summed E-state index contributed by atoms with van der Waals surface area (Å²) in [5, 5.41) is 0. The first kappa shape index (κ1) is 26.9. The van der Waals surface area contributed by atoms with Gasteiger partial charge in [0.15, 0.2) is 0 Å². The average Bonchev–Trinajstić information content (AvgIpc) is 2.92. The molecule has 7 nitrogen and oxygen atoms in total. The summed E-state index contributed by atoms with van der Waals surface area (Å²) in [5.74, 6) is -1.10. The second kappa shape index (κ2) is 12.0. The lowest BCUT2D eigenvalue weighted by atomic mass is 10.0. The summed E-state index contributed by atoms with van der Waals surface area (Å²) in [4.78, 5) is 33.6. The molecule has 0 saturated heterocycles. The van der Waals surface area contributed by atoms with Crippen LogP contribution in [0.25, 0.3) is 11.1 Å². The minimum atomic E-state index is -0.819. The van der Waals surface area contributed by atoms with E-state index in [0.29, 0.717) is 30.1 Å². The second-order valence-electron chi connectivity index (χ2n) is 9.09. The van der Waals surface area contributed by atoms with E-state index in [4.69, 9.17) is 4.74 Å². The van der Waals surface area contributed by atoms with Gasteiger partial charge in [0, 0.05) is 49.2 Å². The molecule has 0 aliphatic rings. The molecule has 198 valence electrons. The molecule has 2 heterocycles. The first-order valence-corrected chi connectivity index (χ1v) is 12.3. The van der Waals surface area contributed by atoms with Gasteiger partial charge in [0.25, 0.3) is 5.56 Å². The Morgan fingerprint density at radius 2 is 1.68 bits per heavy atom. The van der Waals surface area contributed by atoms with E-state index < -0.39 is 29.4 Å². The maximum absolute atomic E-state index is 14.5. The Bertz CT molecular complexity index is 1510. The number of likely N-dealkylation sites (N-methyl/N-ethyl adjacent to an activating group) is 1. The van der Waals surface area contributed by atoms with Gasteiger partial charge >= 0.3 is 5.69 Å². The molecule has 0 aliphatic carbocycles. The molecule has 0 N–H and O–H groups in total. The van der Waals surface area contributed by atoms with Crippen LogP contribution in [0.2, 0.25) is 0 Å². The number of aromatic nitrogens is 3. The van der Waals surface area contributed by atoms with Crippen LogP contribution in [0.15, 0.2) is 76.4 Å². The van der Waals surface area contributed by atoms with E-state index >= 15 is 0 Å². The summed E-state index contributed by atoms with van der Waals surface area (Å²) in [6, 6.07) is 16.2. The molecule has 0 spiro atoms. The minimum Gasteiger partial charge on any atom is -0.497 e. The van der Waals surface area contributed by atoms with Gasteiger partial charge in [0.2, 0.25) is 0 Å². The van der Waals surface area contributed by atoms with E-state index in [1.54, 1.807) is 37.4 Å². The van der Waals surface area contributed by atoms with Gasteiger partial charge in [-0.3, -0.25) is 18.9 Å². The standard InChI is InChI=1S/C29H30F2N4O3/c1-20-27(21-8-6-10-23(18-21)38-3)28(36)35(19-24-25(30)11-7-12-26(24)31)29(37)34(20)17-16-33(2)15-13-22-9-4-5-14-32-22/h4-12,14,18H,13,15-17,19H2,1-3H3. The van der Waals surface area contributed by atoms with Gasteiger partial charge in [0.1, 0.15) is 17.4 Å². The molecule has 0 fully saturated rings. The number of ether oxygens (including phenoxy) is 1. The van der Waals surface area contributed by atoms with Crippen molar-refractivity contribution in [3.63, 3.8) is 0 Å². The first-order valence-electron chi connectivity index (χ1n) is 12.3. The van der Waals surface area contributed by atoms with Crippen molar-refractivity contribution in [3.8, 4) is 16.9 Å². The van der Waals surface area contributed by atoms with E-state index in [9.17, 15) is 18.4 Å². The number of hydrogen-bond acceptors (Lipinski definition) is 5. The molecule has 4 rings (SSSR count). The zero-order chi connectivity index (χ0) is 27.2. The third-order valence-electron chi connectivity index (χ3n) is 6.60. The van der Waals surface area contributed by atoms with Gasteiger partial charge in [-0.25, -0.2) is 13.6 Å². The third-order valence-corrected chi connectivity index (χ3v) is 6.60. The molecule has 0 aliphatic heterocycles. The average molecular weight is 521 g/mol. The van der Waals surface area contributed by atoms with Crippen LogP contribution in [0.5, 0.6) is 5.75 Å². The molecule has 0 radical (unpaired) electrons. The Labute approximate surface area is 219 Å². The number of methoxy groups -OCH3 is 1. The van der Waals surface area contributed by atoms with Crippen molar-refractivity contribution in [1.29, 1.82) is 0 Å². The van der Waals surface area contributed by atoms with E-state index in [2.05, 4.69) is 9.88 Å². The molecule has 4 aromatic rings. The molecular formula is C29H30F2N4O3. The lowest BCUT2D eigenvalue weighted by Gasteiger charge is -2.21. The van der Waals surface area contributed by atoms with Gasteiger partial charge in [-0.05, 0) is 55.9 Å². The third kappa shape index (κ3) is 5.89. The summed E-state index contributed by atoms with van der Waals surface area (Å²) < 4.78 is 36.7. The predicted octanol–water partition coefficient (Wildman–Crippen LogP) is 3.89. The van der Waals surface area contributed by atoms with Crippen molar-refractivity contribution in [2.75, 3.05) is 27.2 Å². The Morgan fingerprint density at radius 3 is 2.37 bits per heavy atom. The highest BCUT2D eigenvalue weighted by molar-refractivity contribution is 5.66. The molecule has 2 aromatic heterocycles. The van der Waals surface area contributed by atoms with E-state index in [1.165, 1.54) is 17.7 Å². The van der Waals surface area contributed by atoms with Crippen molar-refractivity contribution in [2.24, 2.45) is 0 Å². The molecule has 0 bridgehead atoms. The fourth-order valence-corrected chi connectivity index (χ4v) is 4.39. The van der Waals surface area contributed by atoms with Gasteiger partial charge in [-0.1, -0.05) is 24.3 Å². The lowest BCUT2D eigenvalue weighted by molar-refractivity contribution is 0.315. The summed E-state index contributed by atoms with van der Waals surface area (Å²) in [7, 11) is 3.46. The lowest BCUT2D eigenvalue weighted by Crippen LogP contribution is -2.44. The maximum atomic E-state index is 14.5. The number of halogens is 2.